The highest BCUT2D eigenvalue weighted by atomic mass is 32.2. The number of hydrogen-bond acceptors (Lipinski definition) is 5. The quantitative estimate of drug-likeness (QED) is 0.811. The van der Waals surface area contributed by atoms with E-state index in [0.29, 0.717) is 11.1 Å². The Balaban J connectivity index is 2.06. The number of hydrogen-bond donors (Lipinski definition) is 1. The smallest absolute Gasteiger partial charge is 0.400 e. The summed E-state index contributed by atoms with van der Waals surface area (Å²) in [5.74, 6) is 0.458. The van der Waals surface area contributed by atoms with Crippen LogP contribution in [0, 0.1) is 0 Å². The normalized spacial score (nSPS) is 18.9. The summed E-state index contributed by atoms with van der Waals surface area (Å²) in [4.78, 5) is 26.8. The number of pyridine rings is 1. The van der Waals surface area contributed by atoms with Gasteiger partial charge in [0, 0.05) is 30.3 Å². The third-order valence-corrected chi connectivity index (χ3v) is 6.05. The molecule has 0 saturated carbocycles. The van der Waals surface area contributed by atoms with Gasteiger partial charge in [0.05, 0.1) is 16.7 Å². The van der Waals surface area contributed by atoms with Gasteiger partial charge < -0.3 is 14.3 Å². The Morgan fingerprint density at radius 3 is 2.48 bits per heavy atom. The van der Waals surface area contributed by atoms with Crippen LogP contribution in [0.3, 0.4) is 0 Å². The Labute approximate surface area is 163 Å². The fraction of sp³-hybridized carbons (Fsp3) is 0.400. The Morgan fingerprint density at radius 1 is 1.19 bits per heavy atom. The zero-order chi connectivity index (χ0) is 19.8. The van der Waals surface area contributed by atoms with Crippen LogP contribution in [0.25, 0.3) is 17.0 Å². The van der Waals surface area contributed by atoms with E-state index in [-0.39, 0.29) is 10.5 Å². The van der Waals surface area contributed by atoms with E-state index in [9.17, 15) is 9.59 Å². The molecule has 27 heavy (non-hydrogen) atoms. The second-order valence-corrected chi connectivity index (χ2v) is 8.85. The molecule has 3 rings (SSSR count). The number of para-hydroxylation sites is 1. The number of aromatic amines is 1. The lowest BCUT2D eigenvalue weighted by Gasteiger charge is -2.32. The highest BCUT2D eigenvalue weighted by Gasteiger charge is 2.52. The van der Waals surface area contributed by atoms with Crippen LogP contribution in [0.1, 0.15) is 40.2 Å². The topological polar surface area (TPSA) is 68.4 Å². The van der Waals surface area contributed by atoms with Crippen molar-refractivity contribution in [3.05, 3.63) is 51.7 Å². The summed E-state index contributed by atoms with van der Waals surface area (Å²) in [6.45, 7) is 9.54. The number of aromatic nitrogens is 1. The molecular formula is C20H24BNO4S. The molecule has 1 saturated heterocycles. The van der Waals surface area contributed by atoms with Gasteiger partial charge >= 0.3 is 7.12 Å². The average Bonchev–Trinajstić information content (AvgIpc) is 2.79. The van der Waals surface area contributed by atoms with Crippen molar-refractivity contribution in [2.75, 3.05) is 5.75 Å². The summed E-state index contributed by atoms with van der Waals surface area (Å²) >= 11 is 1.22. The van der Waals surface area contributed by atoms with E-state index in [1.807, 2.05) is 45.9 Å². The maximum Gasteiger partial charge on any atom is 0.491 e. The minimum atomic E-state index is -0.549. The van der Waals surface area contributed by atoms with Gasteiger partial charge in [0.25, 0.3) is 0 Å². The molecule has 0 spiro atoms. The highest BCUT2D eigenvalue weighted by Crippen LogP contribution is 2.39. The summed E-state index contributed by atoms with van der Waals surface area (Å²) in [6.07, 6.45) is 3.59. The Hall–Kier alpha value is -1.83. The monoisotopic (exact) mass is 385 g/mol. The number of thioether (sulfide) groups is 1. The number of carbonyl (C=O) groups is 1. The van der Waals surface area contributed by atoms with E-state index in [1.54, 1.807) is 19.2 Å². The highest BCUT2D eigenvalue weighted by molar-refractivity contribution is 8.13. The lowest BCUT2D eigenvalue weighted by Crippen LogP contribution is -2.41. The molecule has 0 atom stereocenters. The number of carbonyl (C=O) groups excluding carboxylic acids is 1. The van der Waals surface area contributed by atoms with E-state index >= 15 is 0 Å². The molecule has 1 aliphatic rings. The van der Waals surface area contributed by atoms with Crippen LogP contribution < -0.4 is 5.43 Å². The second kappa shape index (κ2) is 7.30. The molecule has 0 aliphatic carbocycles. The molecule has 1 aromatic carbocycles. The SMILES string of the molecule is CC(=O)SCC(=Cc1cccc2c(=O)cc[nH]c12)B1OC(C)(C)C(C)(C)O1. The van der Waals surface area contributed by atoms with Crippen LogP contribution in [-0.4, -0.2) is 34.2 Å². The van der Waals surface area contributed by atoms with Crippen LogP contribution in [-0.2, 0) is 14.1 Å². The molecule has 0 radical (unpaired) electrons. The maximum atomic E-state index is 12.1. The number of H-pyrrole nitrogens is 1. The first-order valence-electron chi connectivity index (χ1n) is 8.90. The van der Waals surface area contributed by atoms with Crippen LogP contribution >= 0.6 is 11.8 Å². The van der Waals surface area contributed by atoms with Gasteiger partial charge in [-0.1, -0.05) is 30.0 Å². The molecule has 1 aliphatic heterocycles. The van der Waals surface area contributed by atoms with Gasteiger partial charge in [-0.15, -0.1) is 0 Å². The van der Waals surface area contributed by atoms with Crippen LogP contribution in [0.4, 0.5) is 0 Å². The maximum absolute atomic E-state index is 12.1. The van der Waals surface area contributed by atoms with Crippen molar-refractivity contribution >= 4 is 41.0 Å². The molecule has 1 aromatic heterocycles. The van der Waals surface area contributed by atoms with E-state index in [2.05, 4.69) is 4.98 Å². The number of benzene rings is 1. The molecule has 0 unspecified atom stereocenters. The lowest BCUT2D eigenvalue weighted by molar-refractivity contribution is -0.109. The van der Waals surface area contributed by atoms with Gasteiger partial charge in [0.15, 0.2) is 10.5 Å². The zero-order valence-corrected chi connectivity index (χ0v) is 17.1. The van der Waals surface area contributed by atoms with Gasteiger partial charge in [-0.2, -0.15) is 0 Å². The number of nitrogens with one attached hydrogen (secondary N) is 1. The van der Waals surface area contributed by atoms with Gasteiger partial charge in [0.1, 0.15) is 0 Å². The Kier molecular flexibility index (Phi) is 5.39. The van der Waals surface area contributed by atoms with Gasteiger partial charge in [-0.3, -0.25) is 9.59 Å². The van der Waals surface area contributed by atoms with Crippen molar-refractivity contribution in [3.63, 3.8) is 0 Å². The minimum Gasteiger partial charge on any atom is -0.400 e. The minimum absolute atomic E-state index is 0.0312. The predicted molar refractivity (Wildman–Crippen MR) is 112 cm³/mol. The molecule has 5 nitrogen and oxygen atoms in total. The summed E-state index contributed by atoms with van der Waals surface area (Å²) in [5.41, 5.74) is 1.50. The molecule has 1 fully saturated rings. The van der Waals surface area contributed by atoms with Crippen molar-refractivity contribution in [3.8, 4) is 0 Å². The first kappa shape index (κ1) is 19.9. The first-order valence-corrected chi connectivity index (χ1v) is 9.89. The molecule has 0 amide bonds. The van der Waals surface area contributed by atoms with Crippen molar-refractivity contribution < 1.29 is 14.1 Å². The Morgan fingerprint density at radius 2 is 1.85 bits per heavy atom. The fourth-order valence-corrected chi connectivity index (χ4v) is 3.49. The van der Waals surface area contributed by atoms with Crippen molar-refractivity contribution in [2.45, 2.75) is 45.8 Å². The van der Waals surface area contributed by atoms with E-state index < -0.39 is 18.3 Å². The zero-order valence-electron chi connectivity index (χ0n) is 16.3. The van der Waals surface area contributed by atoms with Crippen LogP contribution in [0.2, 0.25) is 0 Å². The van der Waals surface area contributed by atoms with Gasteiger partial charge in [-0.05, 0) is 44.8 Å². The largest absolute Gasteiger partial charge is 0.491 e. The average molecular weight is 385 g/mol. The summed E-state index contributed by atoms with van der Waals surface area (Å²) < 4.78 is 12.4. The van der Waals surface area contributed by atoms with E-state index in [1.165, 1.54) is 17.8 Å². The van der Waals surface area contributed by atoms with Crippen LogP contribution in [0.5, 0.6) is 0 Å². The second-order valence-electron chi connectivity index (χ2n) is 7.70. The van der Waals surface area contributed by atoms with Crippen molar-refractivity contribution in [2.24, 2.45) is 0 Å². The van der Waals surface area contributed by atoms with Gasteiger partial charge in [0.2, 0.25) is 0 Å². The van der Waals surface area contributed by atoms with Gasteiger partial charge in [-0.25, -0.2) is 0 Å². The molecule has 1 N–H and O–H groups in total. The van der Waals surface area contributed by atoms with Crippen molar-refractivity contribution in [1.29, 1.82) is 0 Å². The molecule has 2 heterocycles. The number of fused-ring (bicyclic) bond motifs is 1. The molecular weight excluding hydrogens is 361 g/mol. The molecule has 142 valence electrons. The third-order valence-electron chi connectivity index (χ3n) is 5.16. The van der Waals surface area contributed by atoms with Crippen LogP contribution in [0.15, 0.2) is 40.7 Å². The molecule has 2 aromatic rings. The third kappa shape index (κ3) is 4.05. The summed E-state index contributed by atoms with van der Waals surface area (Å²) in [6, 6.07) is 7.09. The summed E-state index contributed by atoms with van der Waals surface area (Å²) in [7, 11) is -0.549. The predicted octanol–water partition coefficient (Wildman–Crippen LogP) is 3.82. The van der Waals surface area contributed by atoms with E-state index in [4.69, 9.17) is 9.31 Å². The lowest BCUT2D eigenvalue weighted by atomic mass is 9.78. The molecule has 0 bridgehead atoms. The Bertz CT molecular complexity index is 948. The van der Waals surface area contributed by atoms with Crippen molar-refractivity contribution in [1.82, 2.24) is 4.98 Å². The fourth-order valence-electron chi connectivity index (χ4n) is 2.90. The van der Waals surface area contributed by atoms with E-state index in [0.717, 1.165) is 16.6 Å². The summed E-state index contributed by atoms with van der Waals surface area (Å²) in [5, 5.41) is 0.655. The standard InChI is InChI=1S/C20H24BNO4S/c1-13(23)27-12-15(21-25-19(2,3)20(4,5)26-21)11-14-7-6-8-16-17(24)9-10-22-18(14)16/h6-11H,12H2,1-5H3,(H,22,24). The molecule has 7 heteroatoms. The first-order chi connectivity index (χ1) is 12.6. The number of rotatable bonds is 4.